The summed E-state index contributed by atoms with van der Waals surface area (Å²) in [6.07, 6.45) is 4.44. The smallest absolute Gasteiger partial charge is 0.240 e. The summed E-state index contributed by atoms with van der Waals surface area (Å²) in [5.74, 6) is -0.0690. The molecule has 0 bridgehead atoms. The number of carbonyl (C=O) groups is 1. The molecule has 2 aliphatic carbocycles. The molecular formula is C15H24N2O2. The van der Waals surface area contributed by atoms with Gasteiger partial charge in [-0.3, -0.25) is 4.79 Å². The third-order valence-electron chi connectivity index (χ3n) is 4.96. The fraction of sp³-hybridized carbons (Fsp3) is 0.867. The van der Waals surface area contributed by atoms with Gasteiger partial charge in [0.25, 0.3) is 0 Å². The Morgan fingerprint density at radius 3 is 2.53 bits per heavy atom. The van der Waals surface area contributed by atoms with Gasteiger partial charge >= 0.3 is 0 Å². The average molecular weight is 264 g/mol. The molecule has 19 heavy (non-hydrogen) atoms. The van der Waals surface area contributed by atoms with Crippen molar-refractivity contribution in [1.29, 1.82) is 5.26 Å². The molecule has 0 radical (unpaired) electrons. The summed E-state index contributed by atoms with van der Waals surface area (Å²) in [4.78, 5) is 12.4. The summed E-state index contributed by atoms with van der Waals surface area (Å²) < 4.78 is 5.67. The Bertz CT molecular complexity index is 391. The second-order valence-corrected chi connectivity index (χ2v) is 6.43. The molecule has 2 fully saturated rings. The van der Waals surface area contributed by atoms with E-state index in [9.17, 15) is 10.1 Å². The van der Waals surface area contributed by atoms with E-state index < -0.39 is 5.41 Å². The van der Waals surface area contributed by atoms with Crippen LogP contribution in [0.5, 0.6) is 0 Å². The fourth-order valence-electron chi connectivity index (χ4n) is 3.28. The Labute approximate surface area is 115 Å². The third kappa shape index (κ3) is 2.36. The van der Waals surface area contributed by atoms with Gasteiger partial charge in [-0.15, -0.1) is 0 Å². The molecule has 1 N–H and O–H groups in total. The summed E-state index contributed by atoms with van der Waals surface area (Å²) in [6, 6.07) is 2.38. The molecule has 2 saturated carbocycles. The van der Waals surface area contributed by atoms with Crippen molar-refractivity contribution in [3.05, 3.63) is 0 Å². The minimum absolute atomic E-state index is 0.0408. The lowest BCUT2D eigenvalue weighted by Crippen LogP contribution is -2.63. The summed E-state index contributed by atoms with van der Waals surface area (Å²) in [5, 5.41) is 12.4. The van der Waals surface area contributed by atoms with E-state index in [0.29, 0.717) is 19.4 Å². The van der Waals surface area contributed by atoms with E-state index in [0.717, 1.165) is 19.3 Å². The maximum atomic E-state index is 12.4. The van der Waals surface area contributed by atoms with Crippen LogP contribution in [0.25, 0.3) is 0 Å². The van der Waals surface area contributed by atoms with E-state index in [1.807, 2.05) is 6.92 Å². The summed E-state index contributed by atoms with van der Waals surface area (Å²) >= 11 is 0. The first kappa shape index (κ1) is 14.3. The van der Waals surface area contributed by atoms with Crippen LogP contribution >= 0.6 is 0 Å². The van der Waals surface area contributed by atoms with Gasteiger partial charge in [-0.25, -0.2) is 0 Å². The molecule has 0 unspecified atom stereocenters. The highest BCUT2D eigenvalue weighted by Gasteiger charge is 2.52. The van der Waals surface area contributed by atoms with Gasteiger partial charge < -0.3 is 10.1 Å². The zero-order valence-electron chi connectivity index (χ0n) is 12.2. The number of hydrogen-bond donors (Lipinski definition) is 1. The van der Waals surface area contributed by atoms with Gasteiger partial charge in [0.15, 0.2) is 0 Å². The van der Waals surface area contributed by atoms with Gasteiger partial charge in [0.05, 0.1) is 12.2 Å². The van der Waals surface area contributed by atoms with Crippen LogP contribution in [0.4, 0.5) is 0 Å². The van der Waals surface area contributed by atoms with E-state index in [-0.39, 0.29) is 23.5 Å². The molecule has 2 atom stereocenters. The highest BCUT2D eigenvalue weighted by Crippen LogP contribution is 2.44. The number of nitriles is 1. The van der Waals surface area contributed by atoms with Crippen molar-refractivity contribution in [2.45, 2.75) is 65.0 Å². The first-order valence-electron chi connectivity index (χ1n) is 7.30. The molecule has 4 heteroatoms. The van der Waals surface area contributed by atoms with E-state index in [1.165, 1.54) is 0 Å². The maximum Gasteiger partial charge on any atom is 0.240 e. The van der Waals surface area contributed by atoms with Crippen LogP contribution in [0.15, 0.2) is 0 Å². The molecule has 106 valence electrons. The van der Waals surface area contributed by atoms with E-state index in [1.54, 1.807) is 0 Å². The third-order valence-corrected chi connectivity index (χ3v) is 4.96. The molecule has 0 saturated heterocycles. The maximum absolute atomic E-state index is 12.4. The average Bonchev–Trinajstić information content (AvgIpc) is 2.87. The van der Waals surface area contributed by atoms with Crippen LogP contribution in [0.3, 0.4) is 0 Å². The van der Waals surface area contributed by atoms with Crippen molar-refractivity contribution >= 4 is 5.91 Å². The van der Waals surface area contributed by atoms with Crippen LogP contribution in [-0.4, -0.2) is 24.7 Å². The molecular weight excluding hydrogens is 240 g/mol. The zero-order valence-corrected chi connectivity index (χ0v) is 12.2. The Hall–Kier alpha value is -1.08. The zero-order chi connectivity index (χ0) is 14.1. The minimum atomic E-state index is -0.771. The Kier molecular flexibility index (Phi) is 3.87. The van der Waals surface area contributed by atoms with Crippen molar-refractivity contribution in [2.75, 3.05) is 6.61 Å². The van der Waals surface area contributed by atoms with Gasteiger partial charge in [-0.05, 0) is 26.2 Å². The number of amides is 1. The first-order chi connectivity index (χ1) is 8.96. The quantitative estimate of drug-likeness (QED) is 0.848. The normalized spacial score (nSPS) is 31.3. The van der Waals surface area contributed by atoms with E-state index >= 15 is 0 Å². The van der Waals surface area contributed by atoms with Crippen molar-refractivity contribution in [3.63, 3.8) is 0 Å². The number of nitrogens with one attached hydrogen (secondary N) is 1. The minimum Gasteiger partial charge on any atom is -0.378 e. The van der Waals surface area contributed by atoms with Crippen molar-refractivity contribution in [1.82, 2.24) is 5.32 Å². The molecule has 0 heterocycles. The predicted molar refractivity (Wildman–Crippen MR) is 72.3 cm³/mol. The fourth-order valence-corrected chi connectivity index (χ4v) is 3.28. The lowest BCUT2D eigenvalue weighted by Gasteiger charge is -2.52. The Balaban J connectivity index is 1.96. The number of hydrogen-bond acceptors (Lipinski definition) is 3. The molecule has 0 spiro atoms. The van der Waals surface area contributed by atoms with Crippen molar-refractivity contribution in [3.8, 4) is 6.07 Å². The predicted octanol–water partition coefficient (Wildman–Crippen LogP) is 2.39. The number of nitrogens with zero attached hydrogens (tertiary/aromatic N) is 1. The summed E-state index contributed by atoms with van der Waals surface area (Å²) in [6.45, 7) is 6.94. The van der Waals surface area contributed by atoms with Gasteiger partial charge in [0, 0.05) is 18.1 Å². The van der Waals surface area contributed by atoms with Crippen LogP contribution in [0, 0.1) is 22.2 Å². The van der Waals surface area contributed by atoms with Crippen molar-refractivity contribution in [2.24, 2.45) is 10.8 Å². The van der Waals surface area contributed by atoms with E-state index in [4.69, 9.17) is 4.74 Å². The largest absolute Gasteiger partial charge is 0.378 e. The van der Waals surface area contributed by atoms with E-state index in [2.05, 4.69) is 25.2 Å². The molecule has 2 aliphatic rings. The van der Waals surface area contributed by atoms with Crippen LogP contribution in [-0.2, 0) is 9.53 Å². The molecule has 0 aliphatic heterocycles. The number of carbonyl (C=O) groups excluding carboxylic acids is 1. The summed E-state index contributed by atoms with van der Waals surface area (Å²) in [5.41, 5.74) is -0.812. The Morgan fingerprint density at radius 2 is 2.05 bits per heavy atom. The van der Waals surface area contributed by atoms with Gasteiger partial charge in [0.1, 0.15) is 5.41 Å². The molecule has 0 aromatic heterocycles. The highest BCUT2D eigenvalue weighted by molar-refractivity contribution is 5.86. The van der Waals surface area contributed by atoms with Crippen LogP contribution in [0.1, 0.15) is 52.9 Å². The molecule has 4 nitrogen and oxygen atoms in total. The number of ether oxygens (including phenoxy) is 1. The van der Waals surface area contributed by atoms with Gasteiger partial charge in [-0.2, -0.15) is 5.26 Å². The van der Waals surface area contributed by atoms with Crippen molar-refractivity contribution < 1.29 is 9.53 Å². The molecule has 1 amide bonds. The van der Waals surface area contributed by atoms with Gasteiger partial charge in [-0.1, -0.05) is 26.7 Å². The first-order valence-corrected chi connectivity index (χ1v) is 7.30. The Morgan fingerprint density at radius 1 is 1.42 bits per heavy atom. The standard InChI is InChI=1S/C15H24N2O2/c1-4-19-12-9-11(14(12,2)3)17-13(18)15(10-16)7-5-6-8-15/h11-12H,4-9H2,1-3H3,(H,17,18)/t11-,12+/m1/s1. The van der Waals surface area contributed by atoms with Gasteiger partial charge in [0.2, 0.25) is 5.91 Å². The highest BCUT2D eigenvalue weighted by atomic mass is 16.5. The molecule has 0 aromatic rings. The lowest BCUT2D eigenvalue weighted by molar-refractivity contribution is -0.142. The topological polar surface area (TPSA) is 62.1 Å². The summed E-state index contributed by atoms with van der Waals surface area (Å²) in [7, 11) is 0. The van der Waals surface area contributed by atoms with Crippen LogP contribution in [0.2, 0.25) is 0 Å². The lowest BCUT2D eigenvalue weighted by atomic mass is 9.64. The number of rotatable bonds is 4. The van der Waals surface area contributed by atoms with Crippen LogP contribution < -0.4 is 5.32 Å². The monoisotopic (exact) mass is 264 g/mol. The second-order valence-electron chi connectivity index (χ2n) is 6.43. The SMILES string of the molecule is CCO[C@H]1C[C@@H](NC(=O)C2(C#N)CCCC2)C1(C)C. The molecule has 2 rings (SSSR count). The molecule has 0 aromatic carbocycles. The second kappa shape index (κ2) is 5.13.